The van der Waals surface area contributed by atoms with Gasteiger partial charge in [0, 0.05) is 6.07 Å². The number of hydrogen-bond acceptors (Lipinski definition) is 6. The van der Waals surface area contributed by atoms with E-state index in [-0.39, 0.29) is 23.5 Å². The molecule has 1 aliphatic rings. The predicted octanol–water partition coefficient (Wildman–Crippen LogP) is 1.13. The molecule has 1 N–H and O–H groups in total. The monoisotopic (exact) mass is 406 g/mol. The van der Waals surface area contributed by atoms with E-state index in [0.717, 1.165) is 5.56 Å². The molecule has 0 atom stereocenters. The van der Waals surface area contributed by atoms with Crippen molar-refractivity contribution in [1.82, 2.24) is 9.62 Å². The fraction of sp³-hybridized carbons (Fsp3) is 0.368. The number of likely N-dealkylation sites (tertiary alicyclic amines) is 1. The van der Waals surface area contributed by atoms with Crippen molar-refractivity contribution in [1.29, 1.82) is 0 Å². The number of carbonyl (C=O) groups is 1. The SMILES string of the molecule is Cc1ccc(C)c(S(=O)(=O)NCC(=O)N2CC(Oc3cc(C)oc(=O)c3)C2)c1. The molecular formula is C19H22N2O6S. The van der Waals surface area contributed by atoms with Crippen LogP contribution in [0, 0.1) is 20.8 Å². The number of benzene rings is 1. The van der Waals surface area contributed by atoms with E-state index in [1.54, 1.807) is 32.0 Å². The molecule has 0 spiro atoms. The molecule has 2 heterocycles. The third-order valence-electron chi connectivity index (χ3n) is 4.42. The lowest BCUT2D eigenvalue weighted by atomic mass is 10.1. The number of sulfonamides is 1. The van der Waals surface area contributed by atoms with E-state index in [2.05, 4.69) is 4.72 Å². The molecule has 1 fully saturated rings. The van der Waals surface area contributed by atoms with Gasteiger partial charge >= 0.3 is 5.63 Å². The van der Waals surface area contributed by atoms with E-state index in [4.69, 9.17) is 9.15 Å². The summed E-state index contributed by atoms with van der Waals surface area (Å²) in [5.41, 5.74) is 0.943. The first kappa shape index (κ1) is 20.1. The van der Waals surface area contributed by atoms with Gasteiger partial charge in [-0.05, 0) is 38.0 Å². The molecule has 8 nitrogen and oxygen atoms in total. The number of nitrogens with zero attached hydrogens (tertiary/aromatic N) is 1. The maximum Gasteiger partial charge on any atom is 0.339 e. The van der Waals surface area contributed by atoms with Gasteiger partial charge in [0.15, 0.2) is 0 Å². The lowest BCUT2D eigenvalue weighted by Crippen LogP contribution is -2.58. The Morgan fingerprint density at radius 1 is 1.21 bits per heavy atom. The molecule has 1 aromatic heterocycles. The van der Waals surface area contributed by atoms with Gasteiger partial charge in [-0.1, -0.05) is 12.1 Å². The van der Waals surface area contributed by atoms with Gasteiger partial charge in [-0.25, -0.2) is 17.9 Å². The quantitative estimate of drug-likeness (QED) is 0.771. The standard InChI is InChI=1S/C19H22N2O6S/c1-12-4-5-13(2)17(6-12)28(24,25)20-9-18(22)21-10-16(11-21)27-15-7-14(3)26-19(23)8-15/h4-8,16,20H,9-11H2,1-3H3. The van der Waals surface area contributed by atoms with Crippen molar-refractivity contribution < 1.29 is 22.4 Å². The van der Waals surface area contributed by atoms with Gasteiger partial charge in [0.25, 0.3) is 0 Å². The maximum absolute atomic E-state index is 12.5. The Morgan fingerprint density at radius 2 is 1.93 bits per heavy atom. The van der Waals surface area contributed by atoms with Crippen LogP contribution >= 0.6 is 0 Å². The van der Waals surface area contributed by atoms with Gasteiger partial charge < -0.3 is 14.1 Å². The first-order chi connectivity index (χ1) is 13.1. The van der Waals surface area contributed by atoms with Crippen LogP contribution in [0.15, 0.2) is 44.4 Å². The molecule has 1 aromatic carbocycles. The zero-order chi connectivity index (χ0) is 20.5. The van der Waals surface area contributed by atoms with E-state index >= 15 is 0 Å². The molecular weight excluding hydrogens is 384 g/mol. The molecule has 3 rings (SSSR count). The van der Waals surface area contributed by atoms with Crippen LogP contribution in [0.2, 0.25) is 0 Å². The molecule has 9 heteroatoms. The van der Waals surface area contributed by atoms with Crippen molar-refractivity contribution in [3.8, 4) is 5.75 Å². The highest BCUT2D eigenvalue weighted by atomic mass is 32.2. The number of carbonyl (C=O) groups excluding carboxylic acids is 1. The molecule has 1 aliphatic heterocycles. The van der Waals surface area contributed by atoms with E-state index in [9.17, 15) is 18.0 Å². The van der Waals surface area contributed by atoms with Gasteiger partial charge in [-0.15, -0.1) is 0 Å². The van der Waals surface area contributed by atoms with Crippen LogP contribution in [-0.2, 0) is 14.8 Å². The molecule has 0 radical (unpaired) electrons. The second-order valence-electron chi connectivity index (χ2n) is 6.85. The van der Waals surface area contributed by atoms with Gasteiger partial charge in [-0.2, -0.15) is 0 Å². The van der Waals surface area contributed by atoms with Crippen LogP contribution in [0.25, 0.3) is 0 Å². The van der Waals surface area contributed by atoms with Crippen molar-refractivity contribution >= 4 is 15.9 Å². The summed E-state index contributed by atoms with van der Waals surface area (Å²) in [7, 11) is -3.77. The topological polar surface area (TPSA) is 106 Å². The van der Waals surface area contributed by atoms with Gasteiger partial charge in [0.1, 0.15) is 17.6 Å². The Kier molecular flexibility index (Phi) is 5.57. The number of amides is 1. The minimum absolute atomic E-state index is 0.170. The lowest BCUT2D eigenvalue weighted by Gasteiger charge is -2.38. The number of rotatable bonds is 6. The minimum atomic E-state index is -3.77. The van der Waals surface area contributed by atoms with E-state index in [1.165, 1.54) is 11.0 Å². The van der Waals surface area contributed by atoms with Crippen LogP contribution in [0.5, 0.6) is 5.75 Å². The van der Waals surface area contributed by atoms with Crippen molar-refractivity contribution in [3.05, 3.63) is 57.6 Å². The number of nitrogens with one attached hydrogen (secondary N) is 1. The van der Waals surface area contributed by atoms with Crippen molar-refractivity contribution in [2.75, 3.05) is 19.6 Å². The number of aryl methyl sites for hydroxylation is 3. The van der Waals surface area contributed by atoms with Gasteiger partial charge in [-0.3, -0.25) is 4.79 Å². The fourth-order valence-corrected chi connectivity index (χ4v) is 4.20. The summed E-state index contributed by atoms with van der Waals surface area (Å²) in [6.45, 7) is 5.48. The highest BCUT2D eigenvalue weighted by molar-refractivity contribution is 7.89. The summed E-state index contributed by atoms with van der Waals surface area (Å²) >= 11 is 0. The Morgan fingerprint density at radius 3 is 2.61 bits per heavy atom. The smallest absolute Gasteiger partial charge is 0.339 e. The first-order valence-corrected chi connectivity index (χ1v) is 10.3. The Hall–Kier alpha value is -2.65. The van der Waals surface area contributed by atoms with E-state index < -0.39 is 15.6 Å². The van der Waals surface area contributed by atoms with Crippen LogP contribution in [-0.4, -0.2) is 45.0 Å². The molecule has 28 heavy (non-hydrogen) atoms. The normalized spacial score (nSPS) is 14.6. The minimum Gasteiger partial charge on any atom is -0.486 e. The molecule has 1 amide bonds. The molecule has 0 aliphatic carbocycles. The highest BCUT2D eigenvalue weighted by Crippen LogP contribution is 2.19. The summed E-state index contributed by atoms with van der Waals surface area (Å²) in [5, 5.41) is 0. The van der Waals surface area contributed by atoms with Crippen LogP contribution < -0.4 is 15.1 Å². The summed E-state index contributed by atoms with van der Waals surface area (Å²) < 4.78 is 37.8. The zero-order valence-electron chi connectivity index (χ0n) is 15.9. The molecule has 150 valence electrons. The third kappa shape index (κ3) is 4.60. The third-order valence-corrected chi connectivity index (χ3v) is 5.96. The van der Waals surface area contributed by atoms with Crippen molar-refractivity contribution in [2.24, 2.45) is 0 Å². The van der Waals surface area contributed by atoms with Crippen LogP contribution in [0.3, 0.4) is 0 Å². The van der Waals surface area contributed by atoms with E-state index in [1.807, 2.05) is 13.0 Å². The molecule has 0 bridgehead atoms. The van der Waals surface area contributed by atoms with Crippen LogP contribution in [0.1, 0.15) is 16.9 Å². The summed E-state index contributed by atoms with van der Waals surface area (Å²) in [5.74, 6) is 0.495. The maximum atomic E-state index is 12.5. The highest BCUT2D eigenvalue weighted by Gasteiger charge is 2.33. The molecule has 0 saturated carbocycles. The first-order valence-electron chi connectivity index (χ1n) is 8.77. The summed E-state index contributed by atoms with van der Waals surface area (Å²) in [4.78, 5) is 25.2. The predicted molar refractivity (Wildman–Crippen MR) is 102 cm³/mol. The Balaban J connectivity index is 1.53. The lowest BCUT2D eigenvalue weighted by molar-refractivity contribution is -0.138. The second kappa shape index (κ2) is 7.76. The average Bonchev–Trinajstić information content (AvgIpc) is 2.57. The summed E-state index contributed by atoms with van der Waals surface area (Å²) in [6.07, 6.45) is -0.249. The van der Waals surface area contributed by atoms with Gasteiger partial charge in [0.05, 0.1) is 30.6 Å². The van der Waals surface area contributed by atoms with Crippen LogP contribution in [0.4, 0.5) is 0 Å². The zero-order valence-corrected chi connectivity index (χ0v) is 16.7. The Bertz CT molecular complexity index is 1050. The summed E-state index contributed by atoms with van der Waals surface area (Å²) in [6, 6.07) is 7.99. The number of hydrogen-bond donors (Lipinski definition) is 1. The second-order valence-corrected chi connectivity index (χ2v) is 8.59. The fourth-order valence-electron chi connectivity index (χ4n) is 2.90. The number of ether oxygens (including phenoxy) is 1. The van der Waals surface area contributed by atoms with Crippen molar-refractivity contribution in [3.63, 3.8) is 0 Å². The van der Waals surface area contributed by atoms with Crippen molar-refractivity contribution in [2.45, 2.75) is 31.8 Å². The molecule has 1 saturated heterocycles. The Labute approximate surface area is 163 Å². The molecule has 2 aromatic rings. The van der Waals surface area contributed by atoms with Gasteiger partial charge in [0.2, 0.25) is 15.9 Å². The largest absolute Gasteiger partial charge is 0.486 e. The average molecular weight is 406 g/mol. The molecule has 0 unspecified atom stereocenters. The van der Waals surface area contributed by atoms with E-state index in [0.29, 0.717) is 30.2 Å².